The summed E-state index contributed by atoms with van der Waals surface area (Å²) in [7, 11) is 0. The van der Waals surface area contributed by atoms with Gasteiger partial charge in [0, 0.05) is 11.1 Å². The zero-order valence-corrected chi connectivity index (χ0v) is 24.8. The number of nitrogens with zero attached hydrogens (tertiary/aromatic N) is 1. The third kappa shape index (κ3) is 8.79. The largest absolute Gasteiger partial charge is 0.490 e. The number of esters is 1. The topological polar surface area (TPSA) is 135 Å². The van der Waals surface area contributed by atoms with E-state index in [9.17, 15) is 19.2 Å². The van der Waals surface area contributed by atoms with Gasteiger partial charge in [-0.15, -0.1) is 0 Å². The van der Waals surface area contributed by atoms with Gasteiger partial charge in [-0.05, 0) is 73.9 Å². The molecule has 4 rings (SSSR count). The molecule has 224 valence electrons. The summed E-state index contributed by atoms with van der Waals surface area (Å²) in [5.74, 6) is -2.64. The number of ether oxygens (including phenoxy) is 2. The van der Waals surface area contributed by atoms with Crippen LogP contribution < -0.4 is 25.5 Å². The number of halogens is 2. The van der Waals surface area contributed by atoms with Crippen LogP contribution in [0.2, 0.25) is 10.0 Å². The standard InChI is InChI=1S/C31H30Cl2N4O6/c1-2-42-27-16-19(12-15-26(27)43-31(41)22-14-13-20(32)17-24(22)33)18-34-37-30(40)29(39)36-25-11-7-6-10-23(25)28(38)35-21-8-4-3-5-9-21/h6-7,10-18,21H,2-5,8-9H2,1H3,(H,35,38)(H,36,39)(H,37,40)/b34-18-. The maximum Gasteiger partial charge on any atom is 0.345 e. The third-order valence-electron chi connectivity index (χ3n) is 6.57. The average molecular weight is 626 g/mol. The first-order chi connectivity index (χ1) is 20.7. The normalized spacial score (nSPS) is 13.3. The van der Waals surface area contributed by atoms with E-state index in [0.29, 0.717) is 10.6 Å². The number of hydrazone groups is 1. The molecule has 12 heteroatoms. The SMILES string of the molecule is CCOc1cc(/C=N\NC(=O)C(=O)Nc2ccccc2C(=O)NC2CCCCC2)ccc1OC(=O)c1ccc(Cl)cc1Cl. The van der Waals surface area contributed by atoms with E-state index in [1.165, 1.54) is 30.5 Å². The van der Waals surface area contributed by atoms with E-state index in [2.05, 4.69) is 21.2 Å². The van der Waals surface area contributed by atoms with Gasteiger partial charge in [-0.1, -0.05) is 54.6 Å². The number of anilines is 1. The Kier molecular flexibility index (Phi) is 11.1. The molecule has 3 N–H and O–H groups in total. The van der Waals surface area contributed by atoms with Crippen LogP contribution in [0.25, 0.3) is 0 Å². The number of amides is 3. The average Bonchev–Trinajstić information content (AvgIpc) is 2.99. The Morgan fingerprint density at radius 1 is 0.907 bits per heavy atom. The molecular weight excluding hydrogens is 595 g/mol. The number of carbonyl (C=O) groups is 4. The molecular formula is C31H30Cl2N4O6. The molecule has 10 nitrogen and oxygen atoms in total. The predicted octanol–water partition coefficient (Wildman–Crippen LogP) is 5.76. The highest BCUT2D eigenvalue weighted by atomic mass is 35.5. The van der Waals surface area contributed by atoms with Crippen molar-refractivity contribution in [1.82, 2.24) is 10.7 Å². The Morgan fingerprint density at radius 3 is 2.42 bits per heavy atom. The smallest absolute Gasteiger partial charge is 0.345 e. The fourth-order valence-electron chi connectivity index (χ4n) is 4.46. The minimum atomic E-state index is -1.03. The summed E-state index contributed by atoms with van der Waals surface area (Å²) >= 11 is 12.0. The van der Waals surface area contributed by atoms with Crippen molar-refractivity contribution in [3.05, 3.63) is 87.4 Å². The summed E-state index contributed by atoms with van der Waals surface area (Å²) in [6.45, 7) is 2.04. The van der Waals surface area contributed by atoms with Crippen molar-refractivity contribution in [3.8, 4) is 11.5 Å². The van der Waals surface area contributed by atoms with Crippen LogP contribution >= 0.6 is 23.2 Å². The van der Waals surface area contributed by atoms with Crippen LogP contribution in [0.4, 0.5) is 5.69 Å². The van der Waals surface area contributed by atoms with Crippen LogP contribution in [-0.2, 0) is 9.59 Å². The molecule has 0 heterocycles. The van der Waals surface area contributed by atoms with Gasteiger partial charge in [0.15, 0.2) is 11.5 Å². The van der Waals surface area contributed by atoms with Crippen LogP contribution in [0, 0.1) is 0 Å². The zero-order chi connectivity index (χ0) is 30.8. The quantitative estimate of drug-likeness (QED) is 0.0910. The fraction of sp³-hybridized carbons (Fsp3) is 0.258. The first-order valence-electron chi connectivity index (χ1n) is 13.7. The molecule has 3 aromatic rings. The molecule has 3 aromatic carbocycles. The van der Waals surface area contributed by atoms with E-state index >= 15 is 0 Å². The lowest BCUT2D eigenvalue weighted by atomic mass is 9.95. The third-order valence-corrected chi connectivity index (χ3v) is 7.12. The van der Waals surface area contributed by atoms with E-state index in [1.807, 2.05) is 0 Å². The summed E-state index contributed by atoms with van der Waals surface area (Å²) in [4.78, 5) is 50.5. The molecule has 0 aliphatic heterocycles. The van der Waals surface area contributed by atoms with Gasteiger partial charge < -0.3 is 20.1 Å². The fourth-order valence-corrected chi connectivity index (χ4v) is 4.95. The minimum absolute atomic E-state index is 0.0916. The predicted molar refractivity (Wildman–Crippen MR) is 164 cm³/mol. The lowest BCUT2D eigenvalue weighted by Crippen LogP contribution is -2.37. The van der Waals surface area contributed by atoms with Gasteiger partial charge in [-0.3, -0.25) is 14.4 Å². The van der Waals surface area contributed by atoms with E-state index in [1.54, 1.807) is 43.3 Å². The van der Waals surface area contributed by atoms with Crippen LogP contribution in [-0.4, -0.2) is 42.6 Å². The van der Waals surface area contributed by atoms with Crippen molar-refractivity contribution >= 4 is 58.8 Å². The zero-order valence-electron chi connectivity index (χ0n) is 23.3. The minimum Gasteiger partial charge on any atom is -0.490 e. The lowest BCUT2D eigenvalue weighted by molar-refractivity contribution is -0.136. The Balaban J connectivity index is 1.36. The van der Waals surface area contributed by atoms with Crippen molar-refractivity contribution in [2.45, 2.75) is 45.1 Å². The number of para-hydroxylation sites is 1. The van der Waals surface area contributed by atoms with Crippen molar-refractivity contribution in [1.29, 1.82) is 0 Å². The Morgan fingerprint density at radius 2 is 1.67 bits per heavy atom. The van der Waals surface area contributed by atoms with Crippen LogP contribution in [0.15, 0.2) is 65.8 Å². The van der Waals surface area contributed by atoms with Crippen LogP contribution in [0.3, 0.4) is 0 Å². The van der Waals surface area contributed by atoms with Gasteiger partial charge in [0.2, 0.25) is 0 Å². The van der Waals surface area contributed by atoms with Crippen molar-refractivity contribution in [2.75, 3.05) is 11.9 Å². The van der Waals surface area contributed by atoms with Gasteiger partial charge >= 0.3 is 17.8 Å². The number of hydrogen-bond acceptors (Lipinski definition) is 7. The Hall–Kier alpha value is -4.41. The Bertz CT molecular complexity index is 1540. The molecule has 0 atom stereocenters. The summed E-state index contributed by atoms with van der Waals surface area (Å²) < 4.78 is 11.1. The Labute approximate surface area is 258 Å². The molecule has 0 saturated heterocycles. The molecule has 43 heavy (non-hydrogen) atoms. The molecule has 1 fully saturated rings. The molecule has 0 spiro atoms. The summed E-state index contributed by atoms with van der Waals surface area (Å²) in [6, 6.07) is 15.6. The molecule has 0 aromatic heterocycles. The summed E-state index contributed by atoms with van der Waals surface area (Å²) in [6.07, 6.45) is 6.41. The van der Waals surface area contributed by atoms with Gasteiger partial charge in [0.1, 0.15) is 0 Å². The summed E-state index contributed by atoms with van der Waals surface area (Å²) in [5.41, 5.74) is 3.26. The van der Waals surface area contributed by atoms with Crippen molar-refractivity contribution < 1.29 is 28.7 Å². The number of rotatable bonds is 9. The van der Waals surface area contributed by atoms with Gasteiger partial charge in [0.05, 0.1) is 34.7 Å². The number of carbonyl (C=O) groups excluding carboxylic acids is 4. The maximum atomic E-state index is 12.8. The van der Waals surface area contributed by atoms with E-state index in [-0.39, 0.29) is 51.9 Å². The maximum absolute atomic E-state index is 12.8. The second-order valence-electron chi connectivity index (χ2n) is 9.66. The number of hydrogen-bond donors (Lipinski definition) is 3. The molecule has 1 aliphatic rings. The van der Waals surface area contributed by atoms with Gasteiger partial charge in [-0.2, -0.15) is 5.10 Å². The molecule has 1 saturated carbocycles. The number of benzene rings is 3. The second kappa shape index (κ2) is 15.2. The van der Waals surface area contributed by atoms with E-state index in [0.717, 1.165) is 32.1 Å². The molecule has 3 amide bonds. The lowest BCUT2D eigenvalue weighted by Gasteiger charge is -2.23. The van der Waals surface area contributed by atoms with Gasteiger partial charge in [0.25, 0.3) is 5.91 Å². The monoisotopic (exact) mass is 624 g/mol. The summed E-state index contributed by atoms with van der Waals surface area (Å²) in [5, 5.41) is 9.85. The van der Waals surface area contributed by atoms with Crippen molar-refractivity contribution in [2.24, 2.45) is 5.10 Å². The molecule has 1 aliphatic carbocycles. The van der Waals surface area contributed by atoms with Crippen LogP contribution in [0.1, 0.15) is 65.3 Å². The van der Waals surface area contributed by atoms with Crippen molar-refractivity contribution in [3.63, 3.8) is 0 Å². The highest BCUT2D eigenvalue weighted by Crippen LogP contribution is 2.30. The first-order valence-corrected chi connectivity index (χ1v) is 14.5. The second-order valence-corrected chi connectivity index (χ2v) is 10.5. The highest BCUT2D eigenvalue weighted by molar-refractivity contribution is 6.40. The van der Waals surface area contributed by atoms with E-state index < -0.39 is 17.8 Å². The van der Waals surface area contributed by atoms with Crippen LogP contribution in [0.5, 0.6) is 11.5 Å². The molecule has 0 unspecified atom stereocenters. The highest BCUT2D eigenvalue weighted by Gasteiger charge is 2.21. The van der Waals surface area contributed by atoms with E-state index in [4.69, 9.17) is 32.7 Å². The van der Waals surface area contributed by atoms with Gasteiger partial charge in [-0.25, -0.2) is 10.2 Å². The molecule has 0 radical (unpaired) electrons. The first kappa shape index (κ1) is 31.5. The molecule has 0 bridgehead atoms. The number of nitrogens with one attached hydrogen (secondary N) is 3.